The summed E-state index contributed by atoms with van der Waals surface area (Å²) in [6.07, 6.45) is 0. The second kappa shape index (κ2) is 7.61. The number of carbonyl (C=O) groups is 2. The van der Waals surface area contributed by atoms with Crippen LogP contribution >= 0.6 is 0 Å². The normalized spacial score (nSPS) is 11.5. The highest BCUT2D eigenvalue weighted by atomic mass is 16.2. The average Bonchev–Trinajstić information content (AvgIpc) is 2.49. The zero-order valence-corrected chi connectivity index (χ0v) is 15.8. The van der Waals surface area contributed by atoms with Crippen molar-refractivity contribution in [2.24, 2.45) is 11.8 Å². The molecule has 1 aromatic rings. The Labute approximate surface area is 145 Å². The summed E-state index contributed by atoms with van der Waals surface area (Å²) in [4.78, 5) is 26.6. The van der Waals surface area contributed by atoms with Crippen molar-refractivity contribution in [2.75, 3.05) is 6.54 Å². The molecule has 0 aromatic heterocycles. The molecule has 0 heterocycles. The first-order valence-electron chi connectivity index (χ1n) is 8.39. The molecule has 0 bridgehead atoms. The molecule has 0 saturated carbocycles. The second-order valence-electron chi connectivity index (χ2n) is 7.92. The zero-order chi connectivity index (χ0) is 18.7. The summed E-state index contributed by atoms with van der Waals surface area (Å²) >= 11 is 0. The first-order valence-corrected chi connectivity index (χ1v) is 8.39. The Morgan fingerprint density at radius 1 is 1.17 bits per heavy atom. The van der Waals surface area contributed by atoms with Crippen molar-refractivity contribution in [1.82, 2.24) is 4.90 Å². The van der Waals surface area contributed by atoms with Gasteiger partial charge >= 0.3 is 0 Å². The monoisotopic (exact) mass is 328 g/mol. The molecule has 0 saturated heterocycles. The van der Waals surface area contributed by atoms with Crippen molar-refractivity contribution < 1.29 is 9.59 Å². The van der Waals surface area contributed by atoms with Gasteiger partial charge in [0, 0.05) is 12.5 Å². The number of benzene rings is 1. The van der Waals surface area contributed by atoms with Gasteiger partial charge in [0.2, 0.25) is 5.91 Å². The Morgan fingerprint density at radius 3 is 2.17 bits per heavy atom. The molecule has 0 aliphatic carbocycles. The molecule has 1 aromatic carbocycles. The molecule has 0 fully saturated rings. The standard InChI is InChI=1S/C20H28N2O2/c1-13(2)12-22(18(23)14(3)4)19(24)17-9-8-16(20(5,6)7)10-15(17)11-21/h8-10,13-14H,12H2,1-7H3. The fourth-order valence-corrected chi connectivity index (χ4v) is 2.38. The van der Waals surface area contributed by atoms with Crippen molar-refractivity contribution in [3.05, 3.63) is 34.9 Å². The van der Waals surface area contributed by atoms with Gasteiger partial charge in [0.15, 0.2) is 0 Å². The smallest absolute Gasteiger partial charge is 0.261 e. The van der Waals surface area contributed by atoms with E-state index in [1.54, 1.807) is 26.0 Å². The van der Waals surface area contributed by atoms with Crippen LogP contribution in [0.25, 0.3) is 0 Å². The van der Waals surface area contributed by atoms with Gasteiger partial charge in [0.1, 0.15) is 0 Å². The summed E-state index contributed by atoms with van der Waals surface area (Å²) in [5, 5.41) is 9.46. The first-order chi connectivity index (χ1) is 11.0. The molecule has 0 spiro atoms. The number of rotatable bonds is 4. The first kappa shape index (κ1) is 19.9. The van der Waals surface area contributed by atoms with Crippen LogP contribution in [0.3, 0.4) is 0 Å². The topological polar surface area (TPSA) is 61.2 Å². The molecule has 1 rings (SSSR count). The third kappa shape index (κ3) is 4.67. The van der Waals surface area contributed by atoms with Gasteiger partial charge in [0.05, 0.1) is 17.2 Å². The Bertz CT molecular complexity index is 661. The van der Waals surface area contributed by atoms with Crippen LogP contribution in [-0.2, 0) is 10.2 Å². The molecule has 0 atom stereocenters. The molecule has 0 aliphatic rings. The van der Waals surface area contributed by atoms with Gasteiger partial charge in [-0.05, 0) is 29.0 Å². The summed E-state index contributed by atoms with van der Waals surface area (Å²) in [5.41, 5.74) is 1.48. The van der Waals surface area contributed by atoms with E-state index in [0.717, 1.165) is 5.56 Å². The van der Waals surface area contributed by atoms with Crippen LogP contribution in [0.5, 0.6) is 0 Å². The maximum absolute atomic E-state index is 12.9. The Balaban J connectivity index is 3.33. The van der Waals surface area contributed by atoms with E-state index in [0.29, 0.717) is 17.7 Å². The van der Waals surface area contributed by atoms with Crippen LogP contribution in [0.4, 0.5) is 0 Å². The number of nitriles is 1. The van der Waals surface area contributed by atoms with Crippen molar-refractivity contribution in [3.63, 3.8) is 0 Å². The molecule has 4 nitrogen and oxygen atoms in total. The van der Waals surface area contributed by atoms with Crippen molar-refractivity contribution in [1.29, 1.82) is 5.26 Å². The van der Waals surface area contributed by atoms with E-state index in [1.165, 1.54) is 4.90 Å². The number of hydrogen-bond donors (Lipinski definition) is 0. The minimum atomic E-state index is -0.389. The summed E-state index contributed by atoms with van der Waals surface area (Å²) in [5.74, 6) is -0.708. The van der Waals surface area contributed by atoms with Crippen LogP contribution in [-0.4, -0.2) is 23.3 Å². The molecule has 0 N–H and O–H groups in total. The fourth-order valence-electron chi connectivity index (χ4n) is 2.38. The van der Waals surface area contributed by atoms with Crippen LogP contribution in [0.15, 0.2) is 18.2 Å². The lowest BCUT2D eigenvalue weighted by Gasteiger charge is -2.26. The highest BCUT2D eigenvalue weighted by molar-refractivity contribution is 6.06. The van der Waals surface area contributed by atoms with Crippen molar-refractivity contribution in [2.45, 2.75) is 53.9 Å². The molecule has 0 radical (unpaired) electrons. The molecule has 130 valence electrons. The molecule has 0 aliphatic heterocycles. The minimum absolute atomic E-state index is 0.113. The van der Waals surface area contributed by atoms with E-state index in [2.05, 4.69) is 26.8 Å². The molecule has 0 unspecified atom stereocenters. The van der Waals surface area contributed by atoms with Gasteiger partial charge < -0.3 is 0 Å². The zero-order valence-electron chi connectivity index (χ0n) is 15.8. The highest BCUT2D eigenvalue weighted by Gasteiger charge is 2.28. The Kier molecular flexibility index (Phi) is 6.31. The van der Waals surface area contributed by atoms with Gasteiger partial charge in [-0.25, -0.2) is 0 Å². The predicted molar refractivity (Wildman–Crippen MR) is 95.6 cm³/mol. The minimum Gasteiger partial charge on any atom is -0.278 e. The van der Waals surface area contributed by atoms with E-state index >= 15 is 0 Å². The third-order valence-corrected chi connectivity index (χ3v) is 3.79. The fraction of sp³-hybridized carbons (Fsp3) is 0.550. The maximum Gasteiger partial charge on any atom is 0.261 e. The van der Waals surface area contributed by atoms with Crippen molar-refractivity contribution >= 4 is 11.8 Å². The third-order valence-electron chi connectivity index (χ3n) is 3.79. The number of imide groups is 1. The average molecular weight is 328 g/mol. The van der Waals surface area contributed by atoms with Gasteiger partial charge in [-0.1, -0.05) is 54.5 Å². The van der Waals surface area contributed by atoms with E-state index < -0.39 is 0 Å². The van der Waals surface area contributed by atoms with Gasteiger partial charge in [-0.15, -0.1) is 0 Å². The summed E-state index contributed by atoms with van der Waals surface area (Å²) in [7, 11) is 0. The van der Waals surface area contributed by atoms with E-state index in [9.17, 15) is 14.9 Å². The lowest BCUT2D eigenvalue weighted by molar-refractivity contribution is -0.132. The number of carbonyl (C=O) groups excluding carboxylic acids is 2. The molecule has 4 heteroatoms. The maximum atomic E-state index is 12.9. The number of hydrogen-bond acceptors (Lipinski definition) is 3. The second-order valence-corrected chi connectivity index (χ2v) is 7.92. The van der Waals surface area contributed by atoms with E-state index in [1.807, 2.05) is 19.9 Å². The summed E-state index contributed by atoms with van der Waals surface area (Å²) in [6, 6.07) is 7.39. The summed E-state index contributed by atoms with van der Waals surface area (Å²) in [6.45, 7) is 14.0. The van der Waals surface area contributed by atoms with E-state index in [-0.39, 0.29) is 29.1 Å². The molecule has 24 heavy (non-hydrogen) atoms. The highest BCUT2D eigenvalue weighted by Crippen LogP contribution is 2.25. The molecular formula is C20H28N2O2. The Hall–Kier alpha value is -2.15. The number of amides is 2. The lowest BCUT2D eigenvalue weighted by atomic mass is 9.85. The van der Waals surface area contributed by atoms with Crippen LogP contribution in [0, 0.1) is 23.2 Å². The van der Waals surface area contributed by atoms with Crippen LogP contribution < -0.4 is 0 Å². The quantitative estimate of drug-likeness (QED) is 0.834. The van der Waals surface area contributed by atoms with Crippen LogP contribution in [0.2, 0.25) is 0 Å². The van der Waals surface area contributed by atoms with Crippen molar-refractivity contribution in [3.8, 4) is 6.07 Å². The lowest BCUT2D eigenvalue weighted by Crippen LogP contribution is -2.42. The van der Waals surface area contributed by atoms with Gasteiger partial charge in [-0.3, -0.25) is 14.5 Å². The number of nitrogens with zero attached hydrogens (tertiary/aromatic N) is 2. The Morgan fingerprint density at radius 2 is 1.75 bits per heavy atom. The largest absolute Gasteiger partial charge is 0.278 e. The van der Waals surface area contributed by atoms with Gasteiger partial charge in [-0.2, -0.15) is 5.26 Å². The van der Waals surface area contributed by atoms with E-state index in [4.69, 9.17) is 0 Å². The molecular weight excluding hydrogens is 300 g/mol. The van der Waals surface area contributed by atoms with Gasteiger partial charge in [0.25, 0.3) is 5.91 Å². The molecule has 2 amide bonds. The van der Waals surface area contributed by atoms with Crippen LogP contribution in [0.1, 0.15) is 70.0 Å². The SMILES string of the molecule is CC(C)CN(C(=O)c1ccc(C(C)(C)C)cc1C#N)C(=O)C(C)C. The summed E-state index contributed by atoms with van der Waals surface area (Å²) < 4.78 is 0. The predicted octanol–water partition coefficient (Wildman–Crippen LogP) is 4.14.